The van der Waals surface area contributed by atoms with Crippen molar-refractivity contribution in [2.24, 2.45) is 0 Å². The van der Waals surface area contributed by atoms with Crippen LogP contribution in [0.5, 0.6) is 0 Å². The number of nitrogen functional groups attached to an aromatic ring is 1. The van der Waals surface area contributed by atoms with Gasteiger partial charge in [-0.25, -0.2) is 0 Å². The summed E-state index contributed by atoms with van der Waals surface area (Å²) in [5, 5.41) is 4.36. The van der Waals surface area contributed by atoms with Crippen molar-refractivity contribution in [1.29, 1.82) is 0 Å². The minimum atomic E-state index is 0.802. The number of aromatic nitrogens is 2. The molecule has 0 amide bonds. The Morgan fingerprint density at radius 3 is 2.94 bits per heavy atom. The van der Waals surface area contributed by atoms with Crippen LogP contribution in [0.4, 0.5) is 5.69 Å². The molecule has 2 N–H and O–H groups in total. The van der Waals surface area contributed by atoms with Gasteiger partial charge in [0.1, 0.15) is 0 Å². The van der Waals surface area contributed by atoms with Crippen molar-refractivity contribution in [1.82, 2.24) is 9.78 Å². The van der Waals surface area contributed by atoms with Crippen LogP contribution < -0.4 is 5.73 Å². The molecule has 0 aliphatic carbocycles. The van der Waals surface area contributed by atoms with Crippen LogP contribution in [0.2, 0.25) is 0 Å². The molecule has 0 bridgehead atoms. The largest absolute Gasteiger partial charge is 0.398 e. The zero-order valence-electron chi connectivity index (χ0n) is 9.97. The molecule has 2 aromatic rings. The van der Waals surface area contributed by atoms with E-state index in [0.717, 1.165) is 29.8 Å². The van der Waals surface area contributed by atoms with E-state index in [9.17, 15) is 0 Å². The summed E-state index contributed by atoms with van der Waals surface area (Å²) in [4.78, 5) is 0. The molecule has 0 unspecified atom stereocenters. The zero-order valence-corrected chi connectivity index (χ0v) is 10.8. The third-order valence-corrected chi connectivity index (χ3v) is 3.34. The summed E-state index contributed by atoms with van der Waals surface area (Å²) in [5.41, 5.74) is 8.89. The summed E-state index contributed by atoms with van der Waals surface area (Å²) in [5.74, 6) is 1.17. The van der Waals surface area contributed by atoms with Crippen LogP contribution in [0.1, 0.15) is 6.42 Å². The number of hydrogen-bond acceptors (Lipinski definition) is 3. The summed E-state index contributed by atoms with van der Waals surface area (Å²) >= 11 is 1.87. The van der Waals surface area contributed by atoms with Gasteiger partial charge in [-0.1, -0.05) is 18.2 Å². The second-order valence-corrected chi connectivity index (χ2v) is 4.91. The van der Waals surface area contributed by atoms with Crippen LogP contribution >= 0.6 is 11.8 Å². The van der Waals surface area contributed by atoms with Crippen LogP contribution in [-0.4, -0.2) is 21.8 Å². The number of anilines is 1. The third kappa shape index (κ3) is 3.03. The molecule has 0 radical (unpaired) electrons. The number of rotatable bonds is 5. The van der Waals surface area contributed by atoms with Crippen LogP contribution in [0, 0.1) is 0 Å². The maximum absolute atomic E-state index is 5.94. The van der Waals surface area contributed by atoms with E-state index < -0.39 is 0 Å². The molecule has 3 nitrogen and oxygen atoms in total. The van der Waals surface area contributed by atoms with E-state index >= 15 is 0 Å². The number of aryl methyl sites for hydroxylation is 1. The van der Waals surface area contributed by atoms with Gasteiger partial charge < -0.3 is 5.73 Å². The molecule has 0 saturated carbocycles. The van der Waals surface area contributed by atoms with Crippen molar-refractivity contribution in [3.05, 3.63) is 36.7 Å². The van der Waals surface area contributed by atoms with Gasteiger partial charge in [-0.2, -0.15) is 16.9 Å². The normalized spacial score (nSPS) is 10.6. The summed E-state index contributed by atoms with van der Waals surface area (Å²) < 4.78 is 1.98. The lowest BCUT2D eigenvalue weighted by atomic mass is 10.1. The van der Waals surface area contributed by atoms with Gasteiger partial charge >= 0.3 is 0 Å². The zero-order chi connectivity index (χ0) is 12.1. The fourth-order valence-electron chi connectivity index (χ4n) is 1.76. The highest BCUT2D eigenvalue weighted by molar-refractivity contribution is 7.98. The fraction of sp³-hybridized carbons (Fsp3) is 0.308. The second-order valence-electron chi connectivity index (χ2n) is 3.93. The van der Waals surface area contributed by atoms with Crippen molar-refractivity contribution in [2.45, 2.75) is 13.0 Å². The van der Waals surface area contributed by atoms with E-state index in [0.29, 0.717) is 0 Å². The molecule has 1 heterocycles. The summed E-state index contributed by atoms with van der Waals surface area (Å²) in [6.07, 6.45) is 7.21. The number of benzene rings is 1. The maximum atomic E-state index is 5.94. The second kappa shape index (κ2) is 5.77. The molecule has 0 aliphatic rings. The van der Waals surface area contributed by atoms with E-state index in [-0.39, 0.29) is 0 Å². The van der Waals surface area contributed by atoms with Crippen LogP contribution in [0.3, 0.4) is 0 Å². The molecule has 4 heteroatoms. The number of para-hydroxylation sites is 1. The van der Waals surface area contributed by atoms with Crippen LogP contribution in [-0.2, 0) is 6.54 Å². The van der Waals surface area contributed by atoms with Gasteiger partial charge in [-0.3, -0.25) is 4.68 Å². The third-order valence-electron chi connectivity index (χ3n) is 2.64. The first-order chi connectivity index (χ1) is 8.31. The van der Waals surface area contributed by atoms with Crippen molar-refractivity contribution < 1.29 is 0 Å². The lowest BCUT2D eigenvalue weighted by molar-refractivity contribution is 0.606. The number of nitrogens with zero attached hydrogens (tertiary/aromatic N) is 2. The minimum Gasteiger partial charge on any atom is -0.398 e. The highest BCUT2D eigenvalue weighted by atomic mass is 32.2. The van der Waals surface area contributed by atoms with Crippen molar-refractivity contribution >= 4 is 17.4 Å². The SMILES string of the molecule is CSCCCn1cc(-c2ccccc2N)cn1. The average Bonchev–Trinajstić information content (AvgIpc) is 2.79. The van der Waals surface area contributed by atoms with Crippen LogP contribution in [0.25, 0.3) is 11.1 Å². The maximum Gasteiger partial charge on any atom is 0.0569 e. The van der Waals surface area contributed by atoms with Crippen molar-refractivity contribution in [2.75, 3.05) is 17.7 Å². The average molecular weight is 247 g/mol. The lowest BCUT2D eigenvalue weighted by Gasteiger charge is -2.01. The predicted molar refractivity (Wildman–Crippen MR) is 75.1 cm³/mol. The minimum absolute atomic E-state index is 0.802. The predicted octanol–water partition coefficient (Wildman–Crippen LogP) is 2.89. The standard InChI is InChI=1S/C13H17N3S/c1-17-8-4-7-16-10-11(9-15-16)12-5-2-3-6-13(12)14/h2-3,5-6,9-10H,4,7-8,14H2,1H3. The first-order valence-corrected chi connectivity index (χ1v) is 7.07. The Labute approximate surface area is 106 Å². The van der Waals surface area contributed by atoms with Crippen LogP contribution in [0.15, 0.2) is 36.7 Å². The topological polar surface area (TPSA) is 43.8 Å². The van der Waals surface area contributed by atoms with Gasteiger partial charge in [0.05, 0.1) is 6.20 Å². The Kier molecular flexibility index (Phi) is 4.09. The lowest BCUT2D eigenvalue weighted by Crippen LogP contribution is -1.98. The molecule has 1 aromatic heterocycles. The van der Waals surface area contributed by atoms with E-state index in [2.05, 4.69) is 17.6 Å². The summed E-state index contributed by atoms with van der Waals surface area (Å²) in [7, 11) is 0. The van der Waals surface area contributed by atoms with Gasteiger partial charge in [0.2, 0.25) is 0 Å². The van der Waals surface area contributed by atoms with Gasteiger partial charge in [0.15, 0.2) is 0 Å². The fourth-order valence-corrected chi connectivity index (χ4v) is 2.17. The molecule has 90 valence electrons. The van der Waals surface area contributed by atoms with Gasteiger partial charge in [0.25, 0.3) is 0 Å². The molecule has 0 fully saturated rings. The molecule has 0 saturated heterocycles. The van der Waals surface area contributed by atoms with Gasteiger partial charge in [-0.05, 0) is 24.5 Å². The Bertz CT molecular complexity index is 479. The molecule has 0 spiro atoms. The summed E-state index contributed by atoms with van der Waals surface area (Å²) in [6.45, 7) is 0.966. The number of hydrogen-bond donors (Lipinski definition) is 1. The highest BCUT2D eigenvalue weighted by Crippen LogP contribution is 2.24. The molecule has 0 atom stereocenters. The molecule has 2 rings (SSSR count). The van der Waals surface area contributed by atoms with Crippen molar-refractivity contribution in [3.8, 4) is 11.1 Å². The summed E-state index contributed by atoms with van der Waals surface area (Å²) in [6, 6.07) is 7.89. The smallest absolute Gasteiger partial charge is 0.0569 e. The molecular weight excluding hydrogens is 230 g/mol. The first kappa shape index (κ1) is 12.0. The van der Waals surface area contributed by atoms with Gasteiger partial charge in [0, 0.05) is 29.6 Å². The first-order valence-electron chi connectivity index (χ1n) is 5.67. The van der Waals surface area contributed by atoms with E-state index in [1.165, 1.54) is 5.75 Å². The molecular formula is C13H17N3S. The molecule has 0 aliphatic heterocycles. The van der Waals surface area contributed by atoms with Crippen molar-refractivity contribution in [3.63, 3.8) is 0 Å². The van der Waals surface area contributed by atoms with E-state index in [4.69, 9.17) is 5.73 Å². The Morgan fingerprint density at radius 2 is 2.18 bits per heavy atom. The highest BCUT2D eigenvalue weighted by Gasteiger charge is 2.04. The van der Waals surface area contributed by atoms with Gasteiger partial charge in [-0.15, -0.1) is 0 Å². The molecule has 1 aromatic carbocycles. The van der Waals surface area contributed by atoms with E-state index in [1.807, 2.05) is 46.9 Å². The Balaban J connectivity index is 2.10. The number of nitrogens with two attached hydrogens (primary N) is 1. The number of thioether (sulfide) groups is 1. The quantitative estimate of drug-likeness (QED) is 0.652. The monoisotopic (exact) mass is 247 g/mol. The Morgan fingerprint density at radius 1 is 1.35 bits per heavy atom. The van der Waals surface area contributed by atoms with E-state index in [1.54, 1.807) is 0 Å². The Hall–Kier alpha value is -1.42. The molecule has 17 heavy (non-hydrogen) atoms.